The summed E-state index contributed by atoms with van der Waals surface area (Å²) in [6, 6.07) is 6.93. The molecular formula is C12H17BrNO4P. The van der Waals surface area contributed by atoms with Gasteiger partial charge in [0.1, 0.15) is 11.3 Å². The Hall–Kier alpha value is -0.840. The average Bonchev–Trinajstić information content (AvgIpc) is 2.29. The Morgan fingerprint density at radius 1 is 1.32 bits per heavy atom. The summed E-state index contributed by atoms with van der Waals surface area (Å²) in [5.41, 5.74) is -1.09. The van der Waals surface area contributed by atoms with E-state index in [1.54, 1.807) is 38.1 Å². The summed E-state index contributed by atoms with van der Waals surface area (Å²) >= 11 is 3.30. The van der Waals surface area contributed by atoms with Crippen LogP contribution in [0.3, 0.4) is 0 Å². The first-order valence-corrected chi connectivity index (χ1v) is 8.43. The Morgan fingerprint density at radius 3 is 2.32 bits per heavy atom. The highest BCUT2D eigenvalue weighted by molar-refractivity contribution is 9.10. The summed E-state index contributed by atoms with van der Waals surface area (Å²) in [6.45, 7) is 4.58. The van der Waals surface area contributed by atoms with Crippen LogP contribution in [0.2, 0.25) is 0 Å². The van der Waals surface area contributed by atoms with Gasteiger partial charge in [-0.15, -0.1) is 0 Å². The second kappa shape index (κ2) is 6.07. The molecule has 0 radical (unpaired) electrons. The Morgan fingerprint density at radius 2 is 1.84 bits per heavy atom. The molecule has 0 fully saturated rings. The summed E-state index contributed by atoms with van der Waals surface area (Å²) in [6.07, 6.45) is 0. The van der Waals surface area contributed by atoms with E-state index in [-0.39, 0.29) is 0 Å². The fraction of sp³-hybridized carbons (Fsp3) is 0.417. The second-order valence-electron chi connectivity index (χ2n) is 4.62. The molecule has 0 saturated heterocycles. The van der Waals surface area contributed by atoms with Gasteiger partial charge in [0.2, 0.25) is 0 Å². The summed E-state index contributed by atoms with van der Waals surface area (Å²) < 4.78 is 23.3. The molecule has 19 heavy (non-hydrogen) atoms. The molecule has 0 aliphatic carbocycles. The van der Waals surface area contributed by atoms with E-state index in [9.17, 15) is 9.36 Å². The fourth-order valence-corrected chi connectivity index (χ4v) is 3.47. The molecule has 0 bridgehead atoms. The van der Waals surface area contributed by atoms with Crippen molar-refractivity contribution in [1.82, 2.24) is 5.09 Å². The van der Waals surface area contributed by atoms with Gasteiger partial charge in [0, 0.05) is 11.1 Å². The minimum Gasteiger partial charge on any atom is -0.468 e. The highest BCUT2D eigenvalue weighted by Gasteiger charge is 2.35. The van der Waals surface area contributed by atoms with Crippen LogP contribution in [0, 0.1) is 0 Å². The summed E-state index contributed by atoms with van der Waals surface area (Å²) in [5, 5.41) is 2.69. The molecule has 106 valence electrons. The molecule has 1 N–H and O–H groups in total. The maximum absolute atomic E-state index is 12.4. The Kier molecular flexibility index (Phi) is 5.18. The molecule has 0 spiro atoms. The van der Waals surface area contributed by atoms with Crippen molar-refractivity contribution in [1.29, 1.82) is 0 Å². The van der Waals surface area contributed by atoms with Gasteiger partial charge in [0.25, 0.3) is 0 Å². The average molecular weight is 350 g/mol. The Balaban J connectivity index is 2.79. The zero-order chi connectivity index (χ0) is 14.7. The van der Waals surface area contributed by atoms with Gasteiger partial charge < -0.3 is 9.26 Å². The third kappa shape index (κ3) is 4.97. The summed E-state index contributed by atoms with van der Waals surface area (Å²) in [4.78, 5) is 11.5. The maximum Gasteiger partial charge on any atom is 0.325 e. The summed E-state index contributed by atoms with van der Waals surface area (Å²) in [5.74, 6) is -0.0452. The molecule has 1 aromatic rings. The molecule has 0 amide bonds. The van der Waals surface area contributed by atoms with Crippen molar-refractivity contribution in [3.63, 3.8) is 0 Å². The SMILES string of the molecule is COC(=O)C(C)(C)NP(C)(=O)Oc1ccc(Br)cc1. The lowest BCUT2D eigenvalue weighted by molar-refractivity contribution is -0.146. The molecule has 5 nitrogen and oxygen atoms in total. The van der Waals surface area contributed by atoms with Crippen LogP contribution in [0.4, 0.5) is 0 Å². The van der Waals surface area contributed by atoms with E-state index >= 15 is 0 Å². The highest BCUT2D eigenvalue weighted by Crippen LogP contribution is 2.41. The van der Waals surface area contributed by atoms with Gasteiger partial charge in [0.15, 0.2) is 0 Å². The highest BCUT2D eigenvalue weighted by atomic mass is 79.9. The molecule has 0 aromatic heterocycles. The topological polar surface area (TPSA) is 64.6 Å². The van der Waals surface area contributed by atoms with Crippen molar-refractivity contribution in [2.45, 2.75) is 19.4 Å². The number of rotatable bonds is 5. The predicted molar refractivity (Wildman–Crippen MR) is 77.5 cm³/mol. The maximum atomic E-state index is 12.4. The van der Waals surface area contributed by atoms with Gasteiger partial charge in [-0.2, -0.15) is 0 Å². The minimum absolute atomic E-state index is 0.460. The van der Waals surface area contributed by atoms with Gasteiger partial charge in [-0.25, -0.2) is 5.09 Å². The number of methoxy groups -OCH3 is 1. The largest absolute Gasteiger partial charge is 0.468 e. The normalized spacial score (nSPS) is 14.6. The summed E-state index contributed by atoms with van der Waals surface area (Å²) in [7, 11) is -1.90. The number of carbonyl (C=O) groups is 1. The zero-order valence-corrected chi connectivity index (χ0v) is 13.7. The molecule has 0 aliphatic heterocycles. The van der Waals surface area contributed by atoms with Crippen LogP contribution in [0.1, 0.15) is 13.8 Å². The first kappa shape index (κ1) is 16.2. The number of halogens is 1. The van der Waals surface area contributed by atoms with Gasteiger partial charge >= 0.3 is 13.5 Å². The molecule has 1 aromatic carbocycles. The van der Waals surface area contributed by atoms with Crippen LogP contribution in [-0.2, 0) is 14.1 Å². The first-order chi connectivity index (χ1) is 8.66. The van der Waals surface area contributed by atoms with Crippen LogP contribution >= 0.6 is 23.4 Å². The molecule has 7 heteroatoms. The third-order valence-corrected chi connectivity index (χ3v) is 4.32. The molecule has 0 saturated carbocycles. The Labute approximate surface area is 121 Å². The van der Waals surface area contributed by atoms with Crippen LogP contribution in [0.5, 0.6) is 5.75 Å². The number of carbonyl (C=O) groups excluding carboxylic acids is 1. The lowest BCUT2D eigenvalue weighted by atomic mass is 10.1. The fourth-order valence-electron chi connectivity index (χ4n) is 1.53. The standard InChI is InChI=1S/C12H17BrNO4P/c1-12(2,11(15)17-3)14-19(4,16)18-10-7-5-9(13)6-8-10/h5-8H,1-4H3,(H,14,16). The van der Waals surface area contributed by atoms with E-state index in [0.717, 1.165) is 4.47 Å². The third-order valence-electron chi connectivity index (χ3n) is 2.27. The predicted octanol–water partition coefficient (Wildman–Crippen LogP) is 3.19. The lowest BCUT2D eigenvalue weighted by Crippen LogP contribution is -2.46. The van der Waals surface area contributed by atoms with E-state index in [4.69, 9.17) is 4.52 Å². The minimum atomic E-state index is -3.18. The van der Waals surface area contributed by atoms with Crippen LogP contribution < -0.4 is 9.61 Å². The first-order valence-electron chi connectivity index (χ1n) is 5.57. The molecule has 1 unspecified atom stereocenters. The number of hydrogen-bond acceptors (Lipinski definition) is 4. The van der Waals surface area contributed by atoms with Gasteiger partial charge in [-0.1, -0.05) is 15.9 Å². The monoisotopic (exact) mass is 349 g/mol. The Bertz CT molecular complexity index is 501. The van der Waals surface area contributed by atoms with Crippen molar-refractivity contribution in [3.05, 3.63) is 28.7 Å². The van der Waals surface area contributed by atoms with Crippen molar-refractivity contribution >= 4 is 29.4 Å². The zero-order valence-electron chi connectivity index (χ0n) is 11.3. The van der Waals surface area contributed by atoms with Gasteiger partial charge in [-0.3, -0.25) is 9.36 Å². The quantitative estimate of drug-likeness (QED) is 0.653. The molecule has 1 rings (SSSR count). The van der Waals surface area contributed by atoms with E-state index in [1.807, 2.05) is 0 Å². The molecule has 0 heterocycles. The van der Waals surface area contributed by atoms with Crippen molar-refractivity contribution in [3.8, 4) is 5.75 Å². The van der Waals surface area contributed by atoms with Gasteiger partial charge in [0.05, 0.1) is 7.11 Å². The van der Waals surface area contributed by atoms with Crippen LogP contribution in [0.25, 0.3) is 0 Å². The smallest absolute Gasteiger partial charge is 0.325 e. The van der Waals surface area contributed by atoms with Crippen molar-refractivity contribution in [2.24, 2.45) is 0 Å². The van der Waals surface area contributed by atoms with Crippen molar-refractivity contribution in [2.75, 3.05) is 13.8 Å². The molecular weight excluding hydrogens is 333 g/mol. The molecule has 1 atom stereocenters. The number of esters is 1. The van der Waals surface area contributed by atoms with E-state index in [1.165, 1.54) is 13.8 Å². The number of hydrogen-bond donors (Lipinski definition) is 1. The second-order valence-corrected chi connectivity index (χ2v) is 7.63. The number of nitrogens with one attached hydrogen (secondary N) is 1. The number of benzene rings is 1. The van der Waals surface area contributed by atoms with E-state index < -0.39 is 19.0 Å². The number of ether oxygens (including phenoxy) is 1. The van der Waals surface area contributed by atoms with E-state index in [0.29, 0.717) is 5.75 Å². The van der Waals surface area contributed by atoms with Crippen LogP contribution in [0.15, 0.2) is 28.7 Å². The lowest BCUT2D eigenvalue weighted by Gasteiger charge is -2.27. The molecule has 0 aliphatic rings. The van der Waals surface area contributed by atoms with Crippen LogP contribution in [-0.4, -0.2) is 25.3 Å². The van der Waals surface area contributed by atoms with E-state index in [2.05, 4.69) is 25.8 Å². The van der Waals surface area contributed by atoms with Crippen molar-refractivity contribution < 1.29 is 18.6 Å². The van der Waals surface area contributed by atoms with Gasteiger partial charge in [-0.05, 0) is 38.1 Å².